The lowest BCUT2D eigenvalue weighted by atomic mass is 9.96. The van der Waals surface area contributed by atoms with E-state index >= 15 is 0 Å². The lowest BCUT2D eigenvalue weighted by molar-refractivity contribution is -0.272. The van der Waals surface area contributed by atoms with Gasteiger partial charge in [0, 0.05) is 32.7 Å². The maximum atomic E-state index is 12.6. The third kappa shape index (κ3) is 8.68. The topological polar surface area (TPSA) is 153 Å². The highest BCUT2D eigenvalue weighted by Gasteiger charge is 2.52. The molecule has 0 saturated carbocycles. The molecule has 12 nitrogen and oxygen atoms in total. The maximum absolute atomic E-state index is 12.6. The van der Waals surface area contributed by atoms with Crippen molar-refractivity contribution < 1.29 is 52.4 Å². The van der Waals surface area contributed by atoms with Gasteiger partial charge in [0.05, 0.1) is 0 Å². The number of hydrogen-bond donors (Lipinski definition) is 1. The van der Waals surface area contributed by atoms with Crippen LogP contribution in [0.25, 0.3) is 0 Å². The monoisotopic (exact) mass is 529 g/mol. The van der Waals surface area contributed by atoms with Crippen molar-refractivity contribution in [1.29, 1.82) is 0 Å². The molecule has 0 unspecified atom stereocenters. The highest BCUT2D eigenvalue weighted by atomic mass is 35.5. The number of ether oxygens (including phenoxy) is 6. The Morgan fingerprint density at radius 2 is 1.58 bits per heavy atom. The van der Waals surface area contributed by atoms with Crippen LogP contribution >= 0.6 is 11.6 Å². The molecule has 1 heterocycles. The van der Waals surface area contributed by atoms with Crippen LogP contribution in [0.4, 0.5) is 0 Å². The first-order valence-electron chi connectivity index (χ1n) is 10.9. The molecule has 1 aromatic carbocycles. The lowest BCUT2D eigenvalue weighted by Gasteiger charge is -2.44. The van der Waals surface area contributed by atoms with Crippen molar-refractivity contribution in [2.75, 3.05) is 13.2 Å². The summed E-state index contributed by atoms with van der Waals surface area (Å²) in [5.74, 6) is -3.25. The van der Waals surface area contributed by atoms with Gasteiger partial charge in [-0.25, -0.2) is 4.79 Å². The zero-order valence-electron chi connectivity index (χ0n) is 20.4. The summed E-state index contributed by atoms with van der Waals surface area (Å²) >= 11 is 5.92. The van der Waals surface area contributed by atoms with E-state index in [0.29, 0.717) is 16.3 Å². The minimum atomic E-state index is -1.52. The number of halogens is 1. The van der Waals surface area contributed by atoms with Gasteiger partial charge in [-0.3, -0.25) is 19.2 Å². The van der Waals surface area contributed by atoms with Crippen LogP contribution < -0.4 is 10.1 Å². The van der Waals surface area contributed by atoms with Crippen molar-refractivity contribution in [2.24, 2.45) is 0 Å². The van der Waals surface area contributed by atoms with Gasteiger partial charge >= 0.3 is 23.9 Å². The Balaban J connectivity index is 2.29. The van der Waals surface area contributed by atoms with Gasteiger partial charge in [0.15, 0.2) is 18.8 Å². The van der Waals surface area contributed by atoms with Crippen LogP contribution in [0.5, 0.6) is 5.75 Å². The molecule has 0 aromatic heterocycles. The molecule has 0 bridgehead atoms. The zero-order valence-corrected chi connectivity index (χ0v) is 21.2. The molecule has 1 saturated heterocycles. The second-order valence-electron chi connectivity index (χ2n) is 7.91. The average molecular weight is 530 g/mol. The summed E-state index contributed by atoms with van der Waals surface area (Å²) in [5, 5.41) is 2.99. The van der Waals surface area contributed by atoms with Crippen LogP contribution in [0.2, 0.25) is 5.02 Å². The SMILES string of the molecule is CC(=O)N[C@@H]1[C@H](OC(=O)COc2ccc(Cl)cc2C)O[C@@H](COC(C)=O)[C@@H](OC(C)=O)[C@H]1OC(C)=O. The van der Waals surface area contributed by atoms with E-state index in [4.69, 9.17) is 40.0 Å². The number of rotatable bonds is 9. The molecule has 1 fully saturated rings. The molecule has 1 N–H and O–H groups in total. The summed E-state index contributed by atoms with van der Waals surface area (Å²) in [7, 11) is 0. The Kier molecular flexibility index (Phi) is 10.5. The molecular formula is C23H28ClNO11. The van der Waals surface area contributed by atoms with Crippen LogP contribution in [-0.2, 0) is 47.7 Å². The predicted octanol–water partition coefficient (Wildman–Crippen LogP) is 1.23. The molecular weight excluding hydrogens is 502 g/mol. The van der Waals surface area contributed by atoms with Crippen molar-refractivity contribution in [3.05, 3.63) is 28.8 Å². The number of carbonyl (C=O) groups excluding carboxylic acids is 5. The van der Waals surface area contributed by atoms with Crippen molar-refractivity contribution >= 4 is 41.4 Å². The molecule has 1 aromatic rings. The molecule has 1 aliphatic heterocycles. The van der Waals surface area contributed by atoms with E-state index in [1.165, 1.54) is 6.92 Å². The molecule has 5 atom stereocenters. The summed E-state index contributed by atoms with van der Waals surface area (Å²) in [6, 6.07) is 3.55. The fourth-order valence-corrected chi connectivity index (χ4v) is 3.69. The average Bonchev–Trinajstić information content (AvgIpc) is 2.75. The summed E-state index contributed by atoms with van der Waals surface area (Å²) in [5.41, 5.74) is 0.681. The minimum Gasteiger partial charge on any atom is -0.482 e. The molecule has 198 valence electrons. The van der Waals surface area contributed by atoms with Crippen LogP contribution in [0.1, 0.15) is 33.3 Å². The predicted molar refractivity (Wildman–Crippen MR) is 122 cm³/mol. The third-order valence-corrected chi connectivity index (χ3v) is 5.04. The van der Waals surface area contributed by atoms with E-state index in [2.05, 4.69) is 5.32 Å². The largest absolute Gasteiger partial charge is 0.482 e. The second-order valence-corrected chi connectivity index (χ2v) is 8.34. The van der Waals surface area contributed by atoms with Gasteiger partial charge < -0.3 is 33.7 Å². The van der Waals surface area contributed by atoms with E-state index in [1.807, 2.05) is 0 Å². The number of aryl methyl sites for hydroxylation is 1. The van der Waals surface area contributed by atoms with Gasteiger partial charge in [0.2, 0.25) is 12.2 Å². The van der Waals surface area contributed by atoms with Crippen LogP contribution in [0.15, 0.2) is 18.2 Å². The van der Waals surface area contributed by atoms with Gasteiger partial charge in [0.1, 0.15) is 24.5 Å². The Morgan fingerprint density at radius 3 is 2.14 bits per heavy atom. The number of esters is 4. The van der Waals surface area contributed by atoms with Gasteiger partial charge in [-0.1, -0.05) is 11.6 Å². The number of hydrogen-bond acceptors (Lipinski definition) is 11. The van der Waals surface area contributed by atoms with Crippen LogP contribution in [0, 0.1) is 6.92 Å². The fraction of sp³-hybridized carbons (Fsp3) is 0.522. The van der Waals surface area contributed by atoms with Crippen LogP contribution in [0.3, 0.4) is 0 Å². The molecule has 0 radical (unpaired) electrons. The van der Waals surface area contributed by atoms with Gasteiger partial charge in [0.25, 0.3) is 0 Å². The normalized spacial score (nSPS) is 23.1. The van der Waals surface area contributed by atoms with Crippen molar-refractivity contribution in [3.63, 3.8) is 0 Å². The molecule has 0 spiro atoms. The summed E-state index contributed by atoms with van der Waals surface area (Å²) in [4.78, 5) is 59.5. The number of benzene rings is 1. The number of carbonyl (C=O) groups is 5. The second kappa shape index (κ2) is 13.1. The molecule has 36 heavy (non-hydrogen) atoms. The maximum Gasteiger partial charge on any atom is 0.346 e. The minimum absolute atomic E-state index is 0.389. The summed E-state index contributed by atoms with van der Waals surface area (Å²) in [6.07, 6.45) is -5.37. The fourth-order valence-electron chi connectivity index (χ4n) is 3.47. The molecule has 1 amide bonds. The molecule has 1 aliphatic rings. The first-order chi connectivity index (χ1) is 16.9. The quantitative estimate of drug-likeness (QED) is 0.363. The van der Waals surface area contributed by atoms with E-state index < -0.39 is 73.6 Å². The Morgan fingerprint density at radius 1 is 0.944 bits per heavy atom. The molecule has 0 aliphatic carbocycles. The standard InChI is InChI=1S/C23H28ClNO11/c1-11-8-16(24)6-7-17(11)32-10-19(30)36-23-20(25-12(2)26)22(34-15(5)29)21(33-14(4)28)18(35-23)9-31-13(3)27/h6-8,18,20-23H,9-10H2,1-5H3,(H,25,26)/t18-,20-,21+,22-,23-/m0/s1. The summed E-state index contributed by atoms with van der Waals surface area (Å²) in [6.45, 7) is 5.34. The van der Waals surface area contributed by atoms with Crippen molar-refractivity contribution in [3.8, 4) is 5.75 Å². The van der Waals surface area contributed by atoms with E-state index in [9.17, 15) is 24.0 Å². The van der Waals surface area contributed by atoms with Gasteiger partial charge in [-0.2, -0.15) is 0 Å². The first kappa shape index (κ1) is 28.9. The Labute approximate surface area is 212 Å². The van der Waals surface area contributed by atoms with Crippen molar-refractivity contribution in [2.45, 2.75) is 65.3 Å². The highest BCUT2D eigenvalue weighted by Crippen LogP contribution is 2.28. The first-order valence-corrected chi connectivity index (χ1v) is 11.2. The van der Waals surface area contributed by atoms with Crippen LogP contribution in [-0.4, -0.2) is 73.6 Å². The zero-order chi connectivity index (χ0) is 27.0. The number of amides is 1. The van der Waals surface area contributed by atoms with E-state index in [-0.39, 0.29) is 0 Å². The van der Waals surface area contributed by atoms with Gasteiger partial charge in [-0.05, 0) is 30.7 Å². The smallest absolute Gasteiger partial charge is 0.346 e. The van der Waals surface area contributed by atoms with Gasteiger partial charge in [-0.15, -0.1) is 0 Å². The summed E-state index contributed by atoms with van der Waals surface area (Å²) < 4.78 is 32.2. The lowest BCUT2D eigenvalue weighted by Crippen LogP contribution is -2.66. The Bertz CT molecular complexity index is 998. The number of nitrogens with one attached hydrogen (secondary N) is 1. The third-order valence-electron chi connectivity index (χ3n) is 4.80. The molecule has 13 heteroatoms. The highest BCUT2D eigenvalue weighted by molar-refractivity contribution is 6.30. The molecule has 2 rings (SSSR count). The van der Waals surface area contributed by atoms with Crippen molar-refractivity contribution in [1.82, 2.24) is 5.32 Å². The van der Waals surface area contributed by atoms with E-state index in [1.54, 1.807) is 25.1 Å². The Hall–Kier alpha value is -3.38. The van der Waals surface area contributed by atoms with E-state index in [0.717, 1.165) is 20.8 Å².